The van der Waals surface area contributed by atoms with Crippen LogP contribution in [0.4, 0.5) is 0 Å². The van der Waals surface area contributed by atoms with E-state index in [4.69, 9.17) is 4.98 Å². The molecule has 1 amide bonds. The molecule has 0 saturated heterocycles. The average Bonchev–Trinajstić information content (AvgIpc) is 2.90. The molecular weight excluding hydrogens is 454 g/mol. The van der Waals surface area contributed by atoms with Crippen LogP contribution in [-0.4, -0.2) is 38.2 Å². The van der Waals surface area contributed by atoms with Gasteiger partial charge in [0.25, 0.3) is 5.56 Å². The number of rotatable bonds is 6. The van der Waals surface area contributed by atoms with Gasteiger partial charge in [0, 0.05) is 12.1 Å². The molecule has 0 aliphatic heterocycles. The normalized spacial score (nSPS) is 17.5. The third kappa shape index (κ3) is 5.18. The molecule has 184 valence electrons. The number of amides is 1. The second-order valence-corrected chi connectivity index (χ2v) is 11.0. The Kier molecular flexibility index (Phi) is 7.57. The van der Waals surface area contributed by atoms with E-state index in [0.717, 1.165) is 36.9 Å². The molecule has 2 aromatic carbocycles. The molecule has 1 aromatic heterocycles. The third-order valence-corrected chi connectivity index (χ3v) is 8.57. The molecule has 2 saturated carbocycles. The fourth-order valence-electron chi connectivity index (χ4n) is 5.86. The highest BCUT2D eigenvalue weighted by Gasteiger charge is 2.32. The van der Waals surface area contributed by atoms with Crippen molar-refractivity contribution in [3.63, 3.8) is 0 Å². The maximum atomic E-state index is 13.8. The van der Waals surface area contributed by atoms with Gasteiger partial charge in [-0.2, -0.15) is 0 Å². The van der Waals surface area contributed by atoms with Crippen LogP contribution in [0.1, 0.15) is 69.8 Å². The van der Waals surface area contributed by atoms with Gasteiger partial charge >= 0.3 is 0 Å². The lowest BCUT2D eigenvalue weighted by atomic mass is 9.88. The van der Waals surface area contributed by atoms with Crippen LogP contribution >= 0.6 is 11.8 Å². The fraction of sp³-hybridized carbons (Fsp3) is 0.483. The zero-order valence-electron chi connectivity index (χ0n) is 20.6. The molecule has 2 aliphatic rings. The Hall–Kier alpha value is -2.60. The largest absolute Gasteiger partial charge is 0.336 e. The summed E-state index contributed by atoms with van der Waals surface area (Å²) in [5.74, 6) is 0.511. The van der Waals surface area contributed by atoms with Crippen LogP contribution in [0, 0.1) is 6.92 Å². The number of benzene rings is 2. The zero-order valence-corrected chi connectivity index (χ0v) is 21.4. The first-order chi connectivity index (χ1) is 17.1. The van der Waals surface area contributed by atoms with E-state index >= 15 is 0 Å². The molecule has 2 fully saturated rings. The van der Waals surface area contributed by atoms with Crippen LogP contribution in [-0.2, 0) is 4.79 Å². The standard InChI is InChI=1S/C29H35N3O2S/c1-21-12-8-11-19-26(21)32-28(34)24-17-9-10-18-25(24)30-29(32)35-20-27(33)31(22-13-4-2-5-14-22)23-15-6-3-7-16-23/h8-12,17-19,22-23H,2-7,13-16,20H2,1H3. The monoisotopic (exact) mass is 489 g/mol. The lowest BCUT2D eigenvalue weighted by molar-refractivity contribution is -0.135. The topological polar surface area (TPSA) is 55.2 Å². The summed E-state index contributed by atoms with van der Waals surface area (Å²) < 4.78 is 1.70. The van der Waals surface area contributed by atoms with Crippen molar-refractivity contribution >= 4 is 28.6 Å². The van der Waals surface area contributed by atoms with E-state index in [1.165, 1.54) is 50.3 Å². The number of para-hydroxylation sites is 2. The number of carbonyl (C=O) groups excluding carboxylic acids is 1. The van der Waals surface area contributed by atoms with Gasteiger partial charge in [0.15, 0.2) is 5.16 Å². The van der Waals surface area contributed by atoms with Crippen LogP contribution in [0.25, 0.3) is 16.6 Å². The van der Waals surface area contributed by atoms with Crippen LogP contribution < -0.4 is 5.56 Å². The van der Waals surface area contributed by atoms with Crippen LogP contribution in [0.2, 0.25) is 0 Å². The maximum absolute atomic E-state index is 13.8. The number of aromatic nitrogens is 2. The molecule has 0 radical (unpaired) electrons. The van der Waals surface area contributed by atoms with Crippen LogP contribution in [0.3, 0.4) is 0 Å². The molecule has 2 aliphatic carbocycles. The van der Waals surface area contributed by atoms with Crippen molar-refractivity contribution in [1.29, 1.82) is 0 Å². The van der Waals surface area contributed by atoms with Crippen molar-refractivity contribution in [1.82, 2.24) is 14.5 Å². The van der Waals surface area contributed by atoms with Gasteiger partial charge in [0.2, 0.25) is 5.91 Å². The van der Waals surface area contributed by atoms with Gasteiger partial charge in [-0.05, 0) is 56.4 Å². The Balaban J connectivity index is 1.47. The number of fused-ring (bicyclic) bond motifs is 1. The summed E-state index contributed by atoms with van der Waals surface area (Å²) >= 11 is 1.40. The quantitative estimate of drug-likeness (QED) is 0.302. The molecule has 0 atom stereocenters. The molecular formula is C29H35N3O2S. The summed E-state index contributed by atoms with van der Waals surface area (Å²) in [5.41, 5.74) is 2.41. The summed E-state index contributed by atoms with van der Waals surface area (Å²) in [6.45, 7) is 2.00. The summed E-state index contributed by atoms with van der Waals surface area (Å²) in [7, 11) is 0. The summed E-state index contributed by atoms with van der Waals surface area (Å²) in [6, 6.07) is 16.1. The summed E-state index contributed by atoms with van der Waals surface area (Å²) in [4.78, 5) is 34.5. The number of aryl methyl sites for hydroxylation is 1. The number of hydrogen-bond acceptors (Lipinski definition) is 4. The first-order valence-corrected chi connectivity index (χ1v) is 14.1. The van der Waals surface area contributed by atoms with E-state index in [-0.39, 0.29) is 11.5 Å². The molecule has 0 bridgehead atoms. The van der Waals surface area contributed by atoms with Gasteiger partial charge in [-0.25, -0.2) is 4.98 Å². The molecule has 1 heterocycles. The summed E-state index contributed by atoms with van der Waals surface area (Å²) in [6.07, 6.45) is 11.9. The lowest BCUT2D eigenvalue weighted by Crippen LogP contribution is -2.49. The van der Waals surface area contributed by atoms with Crippen molar-refractivity contribution < 1.29 is 4.79 Å². The van der Waals surface area contributed by atoms with Crippen molar-refractivity contribution in [2.45, 2.75) is 88.4 Å². The van der Waals surface area contributed by atoms with E-state index < -0.39 is 0 Å². The number of hydrogen-bond donors (Lipinski definition) is 0. The molecule has 35 heavy (non-hydrogen) atoms. The number of nitrogens with zero attached hydrogens (tertiary/aromatic N) is 3. The van der Waals surface area contributed by atoms with Crippen LogP contribution in [0.15, 0.2) is 58.5 Å². The zero-order chi connectivity index (χ0) is 24.2. The molecule has 5 rings (SSSR count). The van der Waals surface area contributed by atoms with Crippen LogP contribution in [0.5, 0.6) is 0 Å². The first-order valence-electron chi connectivity index (χ1n) is 13.2. The summed E-state index contributed by atoms with van der Waals surface area (Å²) in [5, 5.41) is 1.18. The van der Waals surface area contributed by atoms with Gasteiger partial charge in [-0.1, -0.05) is 80.6 Å². The fourth-order valence-corrected chi connectivity index (χ4v) is 6.74. The van der Waals surface area contributed by atoms with Gasteiger partial charge in [-0.3, -0.25) is 14.2 Å². The van der Waals surface area contributed by atoms with E-state index in [1.807, 2.05) is 55.5 Å². The maximum Gasteiger partial charge on any atom is 0.266 e. The Morgan fingerprint density at radius 1 is 0.914 bits per heavy atom. The minimum atomic E-state index is -0.0868. The highest BCUT2D eigenvalue weighted by atomic mass is 32.2. The molecule has 0 N–H and O–H groups in total. The highest BCUT2D eigenvalue weighted by molar-refractivity contribution is 7.99. The predicted molar refractivity (Wildman–Crippen MR) is 143 cm³/mol. The average molecular weight is 490 g/mol. The minimum absolute atomic E-state index is 0.0868. The Morgan fingerprint density at radius 2 is 1.51 bits per heavy atom. The van der Waals surface area contributed by atoms with Gasteiger partial charge in [-0.15, -0.1) is 0 Å². The molecule has 0 unspecified atom stereocenters. The smallest absolute Gasteiger partial charge is 0.266 e. The number of thioether (sulfide) groups is 1. The highest BCUT2D eigenvalue weighted by Crippen LogP contribution is 2.32. The minimum Gasteiger partial charge on any atom is -0.336 e. The second kappa shape index (κ2) is 11.0. The predicted octanol–water partition coefficient (Wildman–Crippen LogP) is 6.28. The van der Waals surface area contributed by atoms with Gasteiger partial charge < -0.3 is 4.90 Å². The van der Waals surface area contributed by atoms with Gasteiger partial charge in [0.1, 0.15) is 0 Å². The van der Waals surface area contributed by atoms with E-state index in [2.05, 4.69) is 4.90 Å². The van der Waals surface area contributed by atoms with Crippen molar-refractivity contribution in [2.24, 2.45) is 0 Å². The Labute approximate surface area is 211 Å². The van der Waals surface area contributed by atoms with Crippen molar-refractivity contribution in [2.75, 3.05) is 5.75 Å². The molecule has 0 spiro atoms. The van der Waals surface area contributed by atoms with E-state index in [0.29, 0.717) is 33.9 Å². The molecule has 3 aromatic rings. The van der Waals surface area contributed by atoms with Gasteiger partial charge in [0.05, 0.1) is 22.3 Å². The lowest BCUT2D eigenvalue weighted by Gasteiger charge is -2.41. The Bertz CT molecular complexity index is 1220. The third-order valence-electron chi connectivity index (χ3n) is 7.65. The number of carbonyl (C=O) groups is 1. The second-order valence-electron chi connectivity index (χ2n) is 10.0. The SMILES string of the molecule is Cc1ccccc1-n1c(SCC(=O)N(C2CCCCC2)C2CCCCC2)nc2ccccc2c1=O. The Morgan fingerprint density at radius 3 is 2.17 bits per heavy atom. The van der Waals surface area contributed by atoms with Crippen molar-refractivity contribution in [3.05, 3.63) is 64.4 Å². The van der Waals surface area contributed by atoms with E-state index in [1.54, 1.807) is 4.57 Å². The molecule has 6 heteroatoms. The van der Waals surface area contributed by atoms with E-state index in [9.17, 15) is 9.59 Å². The first kappa shape index (κ1) is 24.1. The molecule has 5 nitrogen and oxygen atoms in total. The van der Waals surface area contributed by atoms with Crippen molar-refractivity contribution in [3.8, 4) is 5.69 Å².